The fourth-order valence-corrected chi connectivity index (χ4v) is 4.36. The Balaban J connectivity index is 1.56. The zero-order valence-electron chi connectivity index (χ0n) is 17.5. The lowest BCUT2D eigenvalue weighted by atomic mass is 10.2. The van der Waals surface area contributed by atoms with Gasteiger partial charge >= 0.3 is 0 Å². The number of halogens is 1. The van der Waals surface area contributed by atoms with Crippen molar-refractivity contribution in [3.05, 3.63) is 48.5 Å². The fraction of sp³-hybridized carbons (Fsp3) is 0.333. The third-order valence-electron chi connectivity index (χ3n) is 5.04. The number of sulfonamides is 1. The average Bonchev–Trinajstić information content (AvgIpc) is 2.79. The molecule has 1 N–H and O–H groups in total. The molecule has 2 heterocycles. The van der Waals surface area contributed by atoms with E-state index in [9.17, 15) is 12.8 Å². The van der Waals surface area contributed by atoms with Crippen molar-refractivity contribution in [2.75, 3.05) is 51.3 Å². The second-order valence-electron chi connectivity index (χ2n) is 7.10. The summed E-state index contributed by atoms with van der Waals surface area (Å²) in [5.74, 6) is 0.482. The Morgan fingerprint density at radius 2 is 1.88 bits per heavy atom. The van der Waals surface area contributed by atoms with E-state index in [1.165, 1.54) is 25.6 Å². The second kappa shape index (κ2) is 9.63. The van der Waals surface area contributed by atoms with Gasteiger partial charge in [0.1, 0.15) is 18.8 Å². The van der Waals surface area contributed by atoms with Crippen LogP contribution < -0.4 is 14.2 Å². The Morgan fingerprint density at radius 3 is 2.59 bits per heavy atom. The van der Waals surface area contributed by atoms with Gasteiger partial charge in [0, 0.05) is 31.1 Å². The second-order valence-corrected chi connectivity index (χ2v) is 8.79. The van der Waals surface area contributed by atoms with E-state index < -0.39 is 15.8 Å². The molecule has 0 saturated carbocycles. The van der Waals surface area contributed by atoms with Gasteiger partial charge in [0.15, 0.2) is 17.3 Å². The van der Waals surface area contributed by atoms with Gasteiger partial charge in [-0.25, -0.2) is 22.8 Å². The van der Waals surface area contributed by atoms with Crippen molar-refractivity contribution in [2.24, 2.45) is 0 Å². The highest BCUT2D eigenvalue weighted by Gasteiger charge is 2.19. The van der Waals surface area contributed by atoms with E-state index in [4.69, 9.17) is 14.2 Å². The molecule has 170 valence electrons. The van der Waals surface area contributed by atoms with Crippen LogP contribution in [0, 0.1) is 5.82 Å². The molecule has 1 fully saturated rings. The molecule has 4 rings (SSSR count). The van der Waals surface area contributed by atoms with Crippen molar-refractivity contribution in [3.63, 3.8) is 0 Å². The standard InChI is InChI=1S/C21H23FN4O5S/c1-29-19-12-17-18(13-20(19)31-11-8-26-6-9-30-10-7-26)23-14-24-21(17)25-32(27,28)16-4-2-15(22)3-5-16/h2-5,12-14H,6-11H2,1H3,(H,23,24,25). The van der Waals surface area contributed by atoms with Crippen molar-refractivity contribution < 1.29 is 27.0 Å². The minimum Gasteiger partial charge on any atom is -0.493 e. The molecule has 9 nitrogen and oxygen atoms in total. The SMILES string of the molecule is COc1cc2c(NS(=O)(=O)c3ccc(F)cc3)ncnc2cc1OCCN1CCOCC1. The molecule has 0 unspecified atom stereocenters. The minimum absolute atomic E-state index is 0.0810. The Bertz CT molecular complexity index is 1180. The van der Waals surface area contributed by atoms with Gasteiger partial charge in [0.05, 0.1) is 30.7 Å². The number of aromatic nitrogens is 2. The van der Waals surface area contributed by atoms with Crippen LogP contribution in [-0.4, -0.2) is 69.9 Å². The number of benzene rings is 2. The van der Waals surface area contributed by atoms with Gasteiger partial charge in [-0.15, -0.1) is 0 Å². The molecular weight excluding hydrogens is 439 g/mol. The summed E-state index contributed by atoms with van der Waals surface area (Å²) in [5.41, 5.74) is 0.485. The maximum atomic E-state index is 13.2. The Kier molecular flexibility index (Phi) is 6.68. The lowest BCUT2D eigenvalue weighted by Gasteiger charge is -2.26. The Hall–Kier alpha value is -3.02. The molecule has 11 heteroatoms. The number of hydrogen-bond acceptors (Lipinski definition) is 8. The number of nitrogens with zero attached hydrogens (tertiary/aromatic N) is 3. The lowest BCUT2D eigenvalue weighted by molar-refractivity contribution is 0.0321. The predicted molar refractivity (Wildman–Crippen MR) is 116 cm³/mol. The molecule has 3 aromatic rings. The van der Waals surface area contributed by atoms with E-state index in [1.807, 2.05) is 0 Å². The molecule has 0 bridgehead atoms. The van der Waals surface area contributed by atoms with E-state index in [1.54, 1.807) is 12.1 Å². The van der Waals surface area contributed by atoms with E-state index in [2.05, 4.69) is 19.6 Å². The molecule has 1 aromatic heterocycles. The molecule has 0 spiro atoms. The van der Waals surface area contributed by atoms with Crippen LogP contribution in [0.2, 0.25) is 0 Å². The molecule has 2 aromatic carbocycles. The predicted octanol–water partition coefficient (Wildman–Crippen LogP) is 2.29. The number of methoxy groups -OCH3 is 1. The van der Waals surface area contributed by atoms with Crippen LogP contribution in [0.5, 0.6) is 11.5 Å². The highest BCUT2D eigenvalue weighted by molar-refractivity contribution is 7.92. The van der Waals surface area contributed by atoms with Gasteiger partial charge < -0.3 is 14.2 Å². The number of anilines is 1. The van der Waals surface area contributed by atoms with Crippen molar-refractivity contribution in [3.8, 4) is 11.5 Å². The third kappa shape index (κ3) is 5.06. The molecule has 1 aliphatic heterocycles. The fourth-order valence-electron chi connectivity index (χ4n) is 3.33. The van der Waals surface area contributed by atoms with Gasteiger partial charge in [0.2, 0.25) is 0 Å². The summed E-state index contributed by atoms with van der Waals surface area (Å²) in [6.07, 6.45) is 1.26. The van der Waals surface area contributed by atoms with Gasteiger partial charge in [-0.3, -0.25) is 9.62 Å². The summed E-state index contributed by atoms with van der Waals surface area (Å²) in [4.78, 5) is 10.5. The van der Waals surface area contributed by atoms with Crippen LogP contribution in [0.25, 0.3) is 10.9 Å². The molecule has 0 radical (unpaired) electrons. The monoisotopic (exact) mass is 462 g/mol. The van der Waals surface area contributed by atoms with E-state index in [0.29, 0.717) is 42.2 Å². The first-order valence-electron chi connectivity index (χ1n) is 10.0. The average molecular weight is 463 g/mol. The first-order chi connectivity index (χ1) is 15.5. The van der Waals surface area contributed by atoms with Gasteiger partial charge in [-0.2, -0.15) is 0 Å². The van der Waals surface area contributed by atoms with Crippen LogP contribution in [-0.2, 0) is 14.8 Å². The summed E-state index contributed by atoms with van der Waals surface area (Å²) in [5, 5.41) is 0.440. The normalized spacial score (nSPS) is 14.9. The summed E-state index contributed by atoms with van der Waals surface area (Å²) < 4.78 is 57.7. The van der Waals surface area contributed by atoms with E-state index >= 15 is 0 Å². The minimum atomic E-state index is -3.97. The number of hydrogen-bond donors (Lipinski definition) is 1. The van der Waals surface area contributed by atoms with E-state index in [-0.39, 0.29) is 10.7 Å². The van der Waals surface area contributed by atoms with Crippen LogP contribution in [0.4, 0.5) is 10.2 Å². The summed E-state index contributed by atoms with van der Waals surface area (Å²) in [7, 11) is -2.47. The number of rotatable bonds is 8. The van der Waals surface area contributed by atoms with Crippen molar-refractivity contribution in [2.45, 2.75) is 4.90 Å². The van der Waals surface area contributed by atoms with Crippen LogP contribution in [0.15, 0.2) is 47.6 Å². The van der Waals surface area contributed by atoms with Crippen molar-refractivity contribution in [1.82, 2.24) is 14.9 Å². The summed E-state index contributed by atoms with van der Waals surface area (Å²) >= 11 is 0. The van der Waals surface area contributed by atoms with E-state index in [0.717, 1.165) is 31.8 Å². The highest BCUT2D eigenvalue weighted by Crippen LogP contribution is 2.34. The van der Waals surface area contributed by atoms with Gasteiger partial charge in [0.25, 0.3) is 10.0 Å². The van der Waals surface area contributed by atoms with Gasteiger partial charge in [-0.05, 0) is 30.3 Å². The lowest BCUT2D eigenvalue weighted by Crippen LogP contribution is -2.38. The number of morpholine rings is 1. The molecular formula is C21H23FN4O5S. The van der Waals surface area contributed by atoms with Gasteiger partial charge in [-0.1, -0.05) is 0 Å². The molecule has 1 saturated heterocycles. The molecule has 0 amide bonds. The number of ether oxygens (including phenoxy) is 3. The zero-order valence-corrected chi connectivity index (χ0v) is 18.3. The smallest absolute Gasteiger partial charge is 0.263 e. The quantitative estimate of drug-likeness (QED) is 0.544. The summed E-state index contributed by atoms with van der Waals surface area (Å²) in [6.45, 7) is 4.36. The first-order valence-corrected chi connectivity index (χ1v) is 11.5. The van der Waals surface area contributed by atoms with Crippen LogP contribution in [0.1, 0.15) is 0 Å². The summed E-state index contributed by atoms with van der Waals surface area (Å²) in [6, 6.07) is 7.84. The third-order valence-corrected chi connectivity index (χ3v) is 6.40. The highest BCUT2D eigenvalue weighted by atomic mass is 32.2. The topological polar surface area (TPSA) is 103 Å². The van der Waals surface area contributed by atoms with Crippen LogP contribution in [0.3, 0.4) is 0 Å². The van der Waals surface area contributed by atoms with Crippen molar-refractivity contribution in [1.29, 1.82) is 0 Å². The molecule has 0 atom stereocenters. The van der Waals surface area contributed by atoms with Crippen molar-refractivity contribution >= 4 is 26.7 Å². The number of nitrogens with one attached hydrogen (secondary N) is 1. The molecule has 1 aliphatic rings. The maximum Gasteiger partial charge on any atom is 0.263 e. The van der Waals surface area contributed by atoms with Crippen LogP contribution >= 0.6 is 0 Å². The molecule has 32 heavy (non-hydrogen) atoms. The molecule has 0 aliphatic carbocycles. The zero-order chi connectivity index (χ0) is 22.6. The maximum absolute atomic E-state index is 13.2. The largest absolute Gasteiger partial charge is 0.493 e. The number of fused-ring (bicyclic) bond motifs is 1. The first kappa shape index (κ1) is 22.2. The Labute approximate surface area is 185 Å². The Morgan fingerprint density at radius 1 is 1.12 bits per heavy atom.